The molecule has 6 heterocycles. The number of nitrogens with zero attached hydrogens (tertiary/aromatic N) is 7. The molecule has 4 amide bonds. The molecule has 1 aliphatic carbocycles. The fraction of sp³-hybridized carbons (Fsp3) is 0.589. The summed E-state index contributed by atoms with van der Waals surface area (Å²) in [5.74, 6) is -0.150. The lowest BCUT2D eigenvalue weighted by atomic mass is 9.80. The van der Waals surface area contributed by atoms with E-state index in [1.807, 2.05) is 60.6 Å². The van der Waals surface area contributed by atoms with E-state index < -0.39 is 47.0 Å². The van der Waals surface area contributed by atoms with Gasteiger partial charge in [-0.15, -0.1) is 11.3 Å². The number of carbonyl (C=O) groups is 4. The standard InChI is InChI=1S/C56H75ClFN11O6S2/c1-35-48(76-34-63-35)37-9-10-38(29-62-50(71)42-28-40(70)32-69(42)52(73)49(54(2,3)4)65-53(74)56(58)15-16-56)43(27-37)75-26-25-66-19-11-36(12-20-66)51(72)68-21-13-39(14-22-68)64-41-7-6-8-44(47(41)57)77-46-31-60-45(30-61-46)67-23-17-55(5,33-59)18-24-67/h6-10,27,30-31,34,36,39-40,42,49,64,70H,11-26,28-29,32-33,59H2,1-5H3,(H,62,71)(H,65,74)/t40-,42+,49-/m1/s1. The van der Waals surface area contributed by atoms with E-state index in [4.69, 9.17) is 32.0 Å². The van der Waals surface area contributed by atoms with Gasteiger partial charge in [-0.25, -0.2) is 19.3 Å². The summed E-state index contributed by atoms with van der Waals surface area (Å²) in [6.07, 6.45) is 8.20. The Hall–Kier alpha value is -5.12. The highest BCUT2D eigenvalue weighted by molar-refractivity contribution is 7.99. The predicted molar refractivity (Wildman–Crippen MR) is 299 cm³/mol. The van der Waals surface area contributed by atoms with E-state index in [0.29, 0.717) is 43.6 Å². The van der Waals surface area contributed by atoms with Gasteiger partial charge >= 0.3 is 0 Å². The van der Waals surface area contributed by atoms with Crippen LogP contribution in [0.4, 0.5) is 15.9 Å². The minimum atomic E-state index is -1.98. The maximum absolute atomic E-state index is 14.7. The number of aliphatic hydroxyl groups excluding tert-OH is 1. The van der Waals surface area contributed by atoms with E-state index >= 15 is 0 Å². The van der Waals surface area contributed by atoms with Gasteiger partial charge < -0.3 is 46.2 Å². The minimum absolute atomic E-state index is 0.0238. The molecular weight excluding hydrogens is 1040 g/mol. The summed E-state index contributed by atoms with van der Waals surface area (Å²) in [4.78, 5) is 78.3. The van der Waals surface area contributed by atoms with E-state index in [0.717, 1.165) is 108 Å². The molecule has 3 atom stereocenters. The summed E-state index contributed by atoms with van der Waals surface area (Å²) < 4.78 is 21.2. The van der Waals surface area contributed by atoms with Crippen molar-refractivity contribution in [3.8, 4) is 16.2 Å². The Morgan fingerprint density at radius 1 is 0.987 bits per heavy atom. The third-order valence-corrected chi connectivity index (χ3v) is 18.7. The molecule has 0 radical (unpaired) electrons. The number of hydrogen-bond acceptors (Lipinski definition) is 15. The lowest BCUT2D eigenvalue weighted by molar-refractivity contribution is -0.145. The molecule has 4 aliphatic heterocycles. The van der Waals surface area contributed by atoms with Crippen LogP contribution in [0, 0.1) is 23.7 Å². The summed E-state index contributed by atoms with van der Waals surface area (Å²) >= 11 is 10.0. The van der Waals surface area contributed by atoms with Crippen LogP contribution < -0.4 is 31.3 Å². The van der Waals surface area contributed by atoms with Crippen molar-refractivity contribution >= 4 is 69.8 Å². The van der Waals surface area contributed by atoms with Crippen molar-refractivity contribution in [1.29, 1.82) is 0 Å². The Balaban J connectivity index is 0.734. The largest absolute Gasteiger partial charge is 0.492 e. The number of rotatable bonds is 18. The fourth-order valence-electron chi connectivity index (χ4n) is 10.8. The van der Waals surface area contributed by atoms with Crippen LogP contribution in [0.3, 0.4) is 0 Å². The van der Waals surface area contributed by atoms with Gasteiger partial charge in [-0.05, 0) is 113 Å². The van der Waals surface area contributed by atoms with E-state index in [9.17, 15) is 28.7 Å². The number of aromatic nitrogens is 3. The van der Waals surface area contributed by atoms with Gasteiger partial charge in [-0.3, -0.25) is 24.1 Å². The summed E-state index contributed by atoms with van der Waals surface area (Å²) in [6.45, 7) is 16.0. The van der Waals surface area contributed by atoms with Crippen molar-refractivity contribution in [3.63, 3.8) is 0 Å². The van der Waals surface area contributed by atoms with Gasteiger partial charge in [-0.1, -0.05) is 69.3 Å². The Kier molecular flexibility index (Phi) is 17.7. The molecule has 416 valence electrons. The summed E-state index contributed by atoms with van der Waals surface area (Å²) in [7, 11) is 0. The van der Waals surface area contributed by atoms with E-state index in [1.165, 1.54) is 28.0 Å². The van der Waals surface area contributed by atoms with Gasteiger partial charge in [0.2, 0.25) is 17.7 Å². The normalized spacial score (nSPS) is 21.4. The number of aryl methyl sites for hydroxylation is 1. The highest BCUT2D eigenvalue weighted by Crippen LogP contribution is 2.41. The molecule has 5 aliphatic rings. The number of halogens is 2. The highest BCUT2D eigenvalue weighted by atomic mass is 35.5. The first-order valence-electron chi connectivity index (χ1n) is 27.2. The molecule has 0 bridgehead atoms. The average molecular weight is 1120 g/mol. The molecule has 2 aromatic carbocycles. The van der Waals surface area contributed by atoms with Crippen LogP contribution in [-0.2, 0) is 25.7 Å². The van der Waals surface area contributed by atoms with Crippen LogP contribution in [-0.4, -0.2) is 154 Å². The smallest absolute Gasteiger partial charge is 0.258 e. The van der Waals surface area contributed by atoms with Crippen LogP contribution >= 0.6 is 34.7 Å². The fourth-order valence-corrected chi connectivity index (χ4v) is 12.7. The second-order valence-corrected chi connectivity index (χ2v) is 25.4. The van der Waals surface area contributed by atoms with Crippen molar-refractivity contribution in [1.82, 2.24) is 40.3 Å². The van der Waals surface area contributed by atoms with Crippen LogP contribution in [0.1, 0.15) is 96.7 Å². The highest BCUT2D eigenvalue weighted by Gasteiger charge is 2.53. The molecule has 2 aromatic heterocycles. The van der Waals surface area contributed by atoms with Gasteiger partial charge in [-0.2, -0.15) is 0 Å². The number of nitrogens with two attached hydrogens (primary N) is 1. The first-order chi connectivity index (χ1) is 36.8. The molecule has 21 heteroatoms. The molecule has 4 aromatic rings. The zero-order valence-corrected chi connectivity index (χ0v) is 47.4. The molecule has 0 unspecified atom stereocenters. The van der Waals surface area contributed by atoms with Gasteiger partial charge in [0, 0.05) is 74.7 Å². The monoisotopic (exact) mass is 1120 g/mol. The topological polar surface area (TPSA) is 211 Å². The van der Waals surface area contributed by atoms with Crippen LogP contribution in [0.5, 0.6) is 5.75 Å². The lowest BCUT2D eigenvalue weighted by Gasteiger charge is -2.39. The van der Waals surface area contributed by atoms with Crippen molar-refractivity contribution in [3.05, 3.63) is 70.6 Å². The average Bonchev–Trinajstić information content (AvgIpc) is 3.84. The number of piperidine rings is 3. The van der Waals surface area contributed by atoms with Crippen molar-refractivity contribution < 1.29 is 33.4 Å². The molecule has 5 fully saturated rings. The number of alkyl halides is 1. The SMILES string of the molecule is Cc1ncsc1-c1ccc(CNC(=O)[C@@H]2C[C@@H](O)CN2C(=O)[C@@H](NC(=O)C2(F)CC2)C(C)(C)C)c(OCCN2CCC(C(=O)N3CCC(Nc4cccc(Sc5cnc(N6CCC(C)(CN)CC6)cn5)c4Cl)CC3)CC2)c1. The minimum Gasteiger partial charge on any atom is -0.492 e. The number of amides is 4. The Bertz CT molecular complexity index is 2740. The van der Waals surface area contributed by atoms with Gasteiger partial charge in [0.25, 0.3) is 5.91 Å². The molecule has 4 saturated heterocycles. The van der Waals surface area contributed by atoms with Crippen LogP contribution in [0.15, 0.2) is 64.2 Å². The Morgan fingerprint density at radius 3 is 2.38 bits per heavy atom. The molecule has 0 spiro atoms. The van der Waals surface area contributed by atoms with Crippen LogP contribution in [0.2, 0.25) is 5.02 Å². The zero-order valence-electron chi connectivity index (χ0n) is 45.0. The molecule has 17 nitrogen and oxygen atoms in total. The molecule has 77 heavy (non-hydrogen) atoms. The molecule has 1 saturated carbocycles. The van der Waals surface area contributed by atoms with Crippen LogP contribution in [0.25, 0.3) is 10.4 Å². The second-order valence-electron chi connectivity index (χ2n) is 23.1. The first kappa shape index (κ1) is 56.6. The number of benzene rings is 2. The van der Waals surface area contributed by atoms with E-state index in [1.54, 1.807) is 26.3 Å². The third-order valence-electron chi connectivity index (χ3n) is 16.2. The van der Waals surface area contributed by atoms with Gasteiger partial charge in [0.05, 0.1) is 45.3 Å². The van der Waals surface area contributed by atoms with Gasteiger partial charge in [0.15, 0.2) is 5.67 Å². The number of carbonyl (C=O) groups excluding carboxylic acids is 4. The zero-order chi connectivity index (χ0) is 54.6. The molecule has 6 N–H and O–H groups in total. The molecule has 9 rings (SSSR count). The maximum Gasteiger partial charge on any atom is 0.258 e. The number of hydrogen-bond donors (Lipinski definition) is 5. The number of ether oxygens (including phenoxy) is 1. The maximum atomic E-state index is 14.7. The summed E-state index contributed by atoms with van der Waals surface area (Å²) in [5, 5.41) is 21.4. The quantitative estimate of drug-likeness (QED) is 0.0674. The summed E-state index contributed by atoms with van der Waals surface area (Å²) in [6, 6.07) is 9.94. The number of β-amino-alcohol motifs (C(OH)–C–C–N with tert-alkyl or cyclic N) is 1. The van der Waals surface area contributed by atoms with E-state index in [2.05, 4.69) is 37.7 Å². The Morgan fingerprint density at radius 2 is 1.73 bits per heavy atom. The van der Waals surface area contributed by atoms with Gasteiger partial charge in [0.1, 0.15) is 35.3 Å². The Labute approximate surface area is 465 Å². The number of likely N-dealkylation sites (tertiary alicyclic amines) is 3. The van der Waals surface area contributed by atoms with Crippen molar-refractivity contribution in [2.24, 2.45) is 22.5 Å². The predicted octanol–water partition coefficient (Wildman–Crippen LogP) is 7.08. The van der Waals surface area contributed by atoms with Crippen molar-refractivity contribution in [2.75, 3.05) is 75.7 Å². The lowest BCUT2D eigenvalue weighted by Crippen LogP contribution is -2.59. The number of anilines is 2. The first-order valence-corrected chi connectivity index (χ1v) is 29.3. The summed E-state index contributed by atoms with van der Waals surface area (Å²) in [5.41, 5.74) is 8.67. The number of nitrogens with one attached hydrogen (secondary N) is 3. The number of aliphatic hydroxyl groups is 1. The van der Waals surface area contributed by atoms with Crippen molar-refractivity contribution in [2.45, 2.75) is 139 Å². The second kappa shape index (κ2) is 24.1. The number of thiazole rings is 1. The molecular formula is C56H75ClFN11O6S2. The van der Waals surface area contributed by atoms with E-state index in [-0.39, 0.29) is 55.6 Å². The third kappa shape index (κ3) is 13.7.